The van der Waals surface area contributed by atoms with E-state index >= 15 is 0 Å². The second kappa shape index (κ2) is 6.31. The molecule has 0 heterocycles. The van der Waals surface area contributed by atoms with Crippen LogP contribution in [0.5, 0.6) is 0 Å². The Kier molecular flexibility index (Phi) is 6.20. The topological polar surface area (TPSA) is 57.2 Å². The molecule has 1 radical (unpaired) electrons. The number of thioether (sulfide) groups is 1. The predicted octanol–water partition coefficient (Wildman–Crippen LogP) is 2.00. The van der Waals surface area contributed by atoms with Gasteiger partial charge in [0, 0.05) is 0 Å². The maximum atomic E-state index is 10.9. The largest absolute Gasteiger partial charge is 0.481 e. The Hall–Kier alpha value is -0.220. The van der Waals surface area contributed by atoms with Gasteiger partial charge in [-0.05, 0) is 18.6 Å². The zero-order valence-corrected chi connectivity index (χ0v) is 8.26. The average molecular weight is 191 g/mol. The molecule has 12 heavy (non-hydrogen) atoms. The zero-order valence-electron chi connectivity index (χ0n) is 7.45. The van der Waals surface area contributed by atoms with Crippen molar-refractivity contribution in [3.8, 4) is 0 Å². The third kappa shape index (κ3) is 5.43. The van der Waals surface area contributed by atoms with Crippen LogP contribution in [0.2, 0.25) is 0 Å². The highest BCUT2D eigenvalue weighted by Crippen LogP contribution is 2.15. The van der Waals surface area contributed by atoms with Crippen LogP contribution < -0.4 is 0 Å². The zero-order chi connectivity index (χ0) is 9.56. The minimum atomic E-state index is -0.783. The summed E-state index contributed by atoms with van der Waals surface area (Å²) in [6.07, 6.45) is 1.19. The second-order valence-corrected chi connectivity index (χ2v) is 4.00. The molecular weight excluding hydrogens is 176 g/mol. The van der Waals surface area contributed by atoms with Gasteiger partial charge in [0.25, 0.3) is 0 Å². The summed E-state index contributed by atoms with van der Waals surface area (Å²) < 4.78 is 0. The van der Waals surface area contributed by atoms with Gasteiger partial charge in [-0.3, -0.25) is 4.79 Å². The van der Waals surface area contributed by atoms with E-state index in [0.29, 0.717) is 18.6 Å². The molecule has 3 nitrogen and oxygen atoms in total. The molecule has 0 amide bonds. The van der Waals surface area contributed by atoms with E-state index in [-0.39, 0.29) is 5.92 Å². The average Bonchev–Trinajstić information content (AvgIpc) is 2.03. The lowest BCUT2D eigenvalue weighted by Gasteiger charge is -2.07. The minimum Gasteiger partial charge on any atom is -0.481 e. The van der Waals surface area contributed by atoms with Crippen LogP contribution in [0, 0.1) is 5.92 Å². The van der Waals surface area contributed by atoms with E-state index in [1.54, 1.807) is 6.92 Å². The van der Waals surface area contributed by atoms with Crippen molar-refractivity contribution in [2.45, 2.75) is 32.1 Å². The molecule has 0 aromatic rings. The van der Waals surface area contributed by atoms with Gasteiger partial charge in [0.1, 0.15) is 5.44 Å². The fourth-order valence-electron chi connectivity index (χ4n) is 0.618. The number of rotatable bonds is 6. The third-order valence-electron chi connectivity index (χ3n) is 1.61. The van der Waals surface area contributed by atoms with E-state index in [1.165, 1.54) is 11.8 Å². The summed E-state index contributed by atoms with van der Waals surface area (Å²) in [4.78, 5) is 10.4. The van der Waals surface area contributed by atoms with E-state index in [0.717, 1.165) is 0 Å². The molecule has 0 aliphatic heterocycles. The van der Waals surface area contributed by atoms with E-state index in [1.807, 2.05) is 6.92 Å². The molecule has 0 spiro atoms. The molecule has 2 atom stereocenters. The Morgan fingerprint density at radius 1 is 1.58 bits per heavy atom. The molecule has 0 rings (SSSR count). The van der Waals surface area contributed by atoms with Crippen molar-refractivity contribution >= 4 is 17.7 Å². The first-order chi connectivity index (χ1) is 5.57. The van der Waals surface area contributed by atoms with Gasteiger partial charge < -0.3 is 5.11 Å². The lowest BCUT2D eigenvalue weighted by molar-refractivity contribution is -0.141. The first-order valence-corrected chi connectivity index (χ1v) is 5.13. The molecule has 71 valence electrons. The first kappa shape index (κ1) is 11.8. The molecule has 0 fully saturated rings. The van der Waals surface area contributed by atoms with E-state index in [2.05, 4.69) is 0 Å². The van der Waals surface area contributed by atoms with Gasteiger partial charge in [-0.15, -0.1) is 11.8 Å². The summed E-state index contributed by atoms with van der Waals surface area (Å²) >= 11 is 1.30. The maximum absolute atomic E-state index is 10.9. The maximum Gasteiger partial charge on any atom is 0.306 e. The van der Waals surface area contributed by atoms with Crippen molar-refractivity contribution in [3.05, 3.63) is 0 Å². The molecular formula is C8H15O3S. The summed E-state index contributed by atoms with van der Waals surface area (Å²) in [5.41, 5.74) is -0.592. The summed E-state index contributed by atoms with van der Waals surface area (Å²) in [7, 11) is 0. The molecule has 0 aliphatic carbocycles. The van der Waals surface area contributed by atoms with Crippen molar-refractivity contribution in [2.24, 2.45) is 5.92 Å². The van der Waals surface area contributed by atoms with Crippen LogP contribution in [-0.4, -0.2) is 22.3 Å². The highest BCUT2D eigenvalue weighted by molar-refractivity contribution is 7.99. The Morgan fingerprint density at radius 2 is 2.17 bits per heavy atom. The molecule has 0 aromatic heterocycles. The molecule has 0 saturated heterocycles. The highest BCUT2D eigenvalue weighted by Gasteiger charge is 2.11. The van der Waals surface area contributed by atoms with E-state index in [9.17, 15) is 9.90 Å². The van der Waals surface area contributed by atoms with Crippen LogP contribution in [0.4, 0.5) is 0 Å². The quantitative estimate of drug-likeness (QED) is 0.653. The standard InChI is InChI=1S/C8H15O3S/c1-3-7(9)12-5-4-6(2)8(10)11/h6-7H,3-5H2,1-2H3,(H,10,11). The van der Waals surface area contributed by atoms with Crippen molar-refractivity contribution in [3.63, 3.8) is 0 Å². The number of hydrogen-bond donors (Lipinski definition) is 1. The Morgan fingerprint density at radius 3 is 2.58 bits per heavy atom. The van der Waals surface area contributed by atoms with Crippen molar-refractivity contribution in [1.82, 2.24) is 0 Å². The molecule has 0 aliphatic rings. The molecule has 0 aromatic carbocycles. The van der Waals surface area contributed by atoms with Crippen LogP contribution in [0.25, 0.3) is 0 Å². The SMILES string of the molecule is CCC([O])SCCC(C)C(=O)O. The van der Waals surface area contributed by atoms with Crippen LogP contribution in [-0.2, 0) is 9.90 Å². The van der Waals surface area contributed by atoms with Gasteiger partial charge in [-0.25, -0.2) is 5.11 Å². The van der Waals surface area contributed by atoms with Gasteiger partial charge in [-0.2, -0.15) is 0 Å². The van der Waals surface area contributed by atoms with Gasteiger partial charge in [-0.1, -0.05) is 13.8 Å². The lowest BCUT2D eigenvalue weighted by Crippen LogP contribution is -2.11. The highest BCUT2D eigenvalue weighted by atomic mass is 32.2. The van der Waals surface area contributed by atoms with Gasteiger partial charge in [0.05, 0.1) is 5.92 Å². The molecule has 1 N–H and O–H groups in total. The van der Waals surface area contributed by atoms with Crippen LogP contribution in [0.15, 0.2) is 0 Å². The Labute approximate surface area is 77.2 Å². The summed E-state index contributed by atoms with van der Waals surface area (Å²) in [6.45, 7) is 3.50. The number of carboxylic acid groups (broad SMARTS) is 1. The lowest BCUT2D eigenvalue weighted by atomic mass is 10.1. The molecule has 0 bridgehead atoms. The van der Waals surface area contributed by atoms with E-state index in [4.69, 9.17) is 5.11 Å². The number of aliphatic carboxylic acids is 1. The number of carboxylic acids is 1. The number of carbonyl (C=O) groups is 1. The fourth-order valence-corrected chi connectivity index (χ4v) is 1.61. The van der Waals surface area contributed by atoms with Gasteiger partial charge >= 0.3 is 5.97 Å². The van der Waals surface area contributed by atoms with E-state index < -0.39 is 11.4 Å². The van der Waals surface area contributed by atoms with Crippen molar-refractivity contribution < 1.29 is 15.0 Å². The Bertz CT molecular complexity index is 138. The van der Waals surface area contributed by atoms with Crippen LogP contribution in [0.3, 0.4) is 0 Å². The third-order valence-corrected chi connectivity index (χ3v) is 2.79. The second-order valence-electron chi connectivity index (χ2n) is 2.74. The van der Waals surface area contributed by atoms with Crippen LogP contribution in [0.1, 0.15) is 26.7 Å². The smallest absolute Gasteiger partial charge is 0.306 e. The van der Waals surface area contributed by atoms with Crippen molar-refractivity contribution in [1.29, 1.82) is 0 Å². The fraction of sp³-hybridized carbons (Fsp3) is 0.875. The molecule has 2 unspecified atom stereocenters. The van der Waals surface area contributed by atoms with Gasteiger partial charge in [0.15, 0.2) is 0 Å². The summed E-state index contributed by atoms with van der Waals surface area (Å²) in [5.74, 6) is -0.466. The predicted molar refractivity (Wildman–Crippen MR) is 48.6 cm³/mol. The number of hydrogen-bond acceptors (Lipinski definition) is 2. The normalized spacial score (nSPS) is 15.6. The van der Waals surface area contributed by atoms with Gasteiger partial charge in [0.2, 0.25) is 0 Å². The summed E-state index contributed by atoms with van der Waals surface area (Å²) in [6, 6.07) is 0. The van der Waals surface area contributed by atoms with Crippen LogP contribution >= 0.6 is 11.8 Å². The van der Waals surface area contributed by atoms with Crippen molar-refractivity contribution in [2.75, 3.05) is 5.75 Å². The summed E-state index contributed by atoms with van der Waals surface area (Å²) in [5, 5.41) is 19.4. The first-order valence-electron chi connectivity index (χ1n) is 4.08. The monoisotopic (exact) mass is 191 g/mol. The molecule has 4 heteroatoms. The molecule has 0 saturated carbocycles. The minimum absolute atomic E-state index is 0.332. The Balaban J connectivity index is 3.37.